The van der Waals surface area contributed by atoms with Crippen LogP contribution in [-0.2, 0) is 0 Å². The molecule has 8 heteroatoms. The Bertz CT molecular complexity index is 617. The minimum Gasteiger partial charge on any atom is -0.272 e. The number of nitro groups is 2. The Morgan fingerprint density at radius 2 is 1.84 bits per heavy atom. The Labute approximate surface area is 147 Å². The van der Waals surface area contributed by atoms with Crippen LogP contribution in [0.5, 0.6) is 0 Å². The molecule has 0 radical (unpaired) electrons. The zero-order valence-corrected chi connectivity index (χ0v) is 15.0. The average Bonchev–Trinajstić information content (AvgIpc) is 2.53. The molecule has 0 spiro atoms. The number of hydrogen-bond acceptors (Lipinski definition) is 6. The van der Waals surface area contributed by atoms with Crippen molar-refractivity contribution in [2.75, 3.05) is 5.43 Å². The fourth-order valence-corrected chi connectivity index (χ4v) is 2.44. The average molecular weight is 350 g/mol. The van der Waals surface area contributed by atoms with E-state index < -0.39 is 9.85 Å². The molecule has 1 atom stereocenters. The standard InChI is InChI=1S/C17H26N4O4/c1-13(2)6-4-7-14(3)8-5-11-18-19-16-10-9-15(20(22)23)12-17(16)21(24)25/h9-14,19H,4-8H2,1-3H3/b18-11+/t14-/m1/s1. The van der Waals surface area contributed by atoms with Crippen molar-refractivity contribution in [1.29, 1.82) is 0 Å². The van der Waals surface area contributed by atoms with Crippen molar-refractivity contribution in [3.63, 3.8) is 0 Å². The van der Waals surface area contributed by atoms with Crippen LogP contribution in [0.2, 0.25) is 0 Å². The topological polar surface area (TPSA) is 111 Å². The van der Waals surface area contributed by atoms with Crippen molar-refractivity contribution < 1.29 is 9.85 Å². The lowest BCUT2D eigenvalue weighted by Crippen LogP contribution is -1.99. The largest absolute Gasteiger partial charge is 0.301 e. The smallest absolute Gasteiger partial charge is 0.272 e. The minimum absolute atomic E-state index is 0.136. The maximum atomic E-state index is 11.0. The minimum atomic E-state index is -0.666. The lowest BCUT2D eigenvalue weighted by molar-refractivity contribution is -0.393. The number of nitrogens with zero attached hydrogens (tertiary/aromatic N) is 3. The second-order valence-electron chi connectivity index (χ2n) is 6.65. The molecular weight excluding hydrogens is 324 g/mol. The molecule has 0 aliphatic rings. The highest BCUT2D eigenvalue weighted by Gasteiger charge is 2.18. The Morgan fingerprint density at radius 1 is 1.12 bits per heavy atom. The molecule has 138 valence electrons. The highest BCUT2D eigenvalue weighted by molar-refractivity contribution is 5.67. The molecule has 25 heavy (non-hydrogen) atoms. The SMILES string of the molecule is CC(C)CCC[C@@H](C)CC/C=N/Nc1ccc([N+](=O)[O-])cc1[N+](=O)[O-]. The Kier molecular flexibility index (Phi) is 8.52. The third-order valence-electron chi connectivity index (χ3n) is 3.93. The summed E-state index contributed by atoms with van der Waals surface area (Å²) < 4.78 is 0. The highest BCUT2D eigenvalue weighted by atomic mass is 16.6. The van der Waals surface area contributed by atoms with Gasteiger partial charge in [-0.15, -0.1) is 0 Å². The first kappa shape index (κ1) is 20.5. The summed E-state index contributed by atoms with van der Waals surface area (Å²) in [6, 6.07) is 3.43. The van der Waals surface area contributed by atoms with Crippen molar-refractivity contribution in [3.05, 3.63) is 38.4 Å². The molecule has 0 aliphatic carbocycles. The predicted molar refractivity (Wildman–Crippen MR) is 99.0 cm³/mol. The third kappa shape index (κ3) is 7.73. The molecule has 1 N–H and O–H groups in total. The van der Waals surface area contributed by atoms with Crippen molar-refractivity contribution >= 4 is 23.3 Å². The van der Waals surface area contributed by atoms with E-state index in [1.807, 2.05) is 0 Å². The fraction of sp³-hybridized carbons (Fsp3) is 0.588. The van der Waals surface area contributed by atoms with E-state index in [0.29, 0.717) is 5.92 Å². The van der Waals surface area contributed by atoms with Gasteiger partial charge in [0.2, 0.25) is 0 Å². The van der Waals surface area contributed by atoms with E-state index >= 15 is 0 Å². The predicted octanol–water partition coefficient (Wildman–Crippen LogP) is 5.14. The first-order chi connectivity index (χ1) is 11.8. The summed E-state index contributed by atoms with van der Waals surface area (Å²) in [4.78, 5) is 20.4. The summed E-state index contributed by atoms with van der Waals surface area (Å²) in [7, 11) is 0. The van der Waals surface area contributed by atoms with Gasteiger partial charge in [-0.1, -0.05) is 40.0 Å². The van der Waals surface area contributed by atoms with Crippen LogP contribution in [0.25, 0.3) is 0 Å². The molecular formula is C17H26N4O4. The van der Waals surface area contributed by atoms with Gasteiger partial charge in [0.1, 0.15) is 5.69 Å². The molecule has 8 nitrogen and oxygen atoms in total. The van der Waals surface area contributed by atoms with E-state index in [1.165, 1.54) is 31.4 Å². The molecule has 1 aromatic rings. The van der Waals surface area contributed by atoms with Gasteiger partial charge in [-0.25, -0.2) is 0 Å². The van der Waals surface area contributed by atoms with Gasteiger partial charge >= 0.3 is 5.69 Å². The van der Waals surface area contributed by atoms with Gasteiger partial charge in [-0.2, -0.15) is 5.10 Å². The van der Waals surface area contributed by atoms with E-state index in [9.17, 15) is 20.2 Å². The van der Waals surface area contributed by atoms with E-state index in [4.69, 9.17) is 0 Å². The molecule has 0 heterocycles. The van der Waals surface area contributed by atoms with Gasteiger partial charge in [0.05, 0.1) is 15.9 Å². The molecule has 0 saturated carbocycles. The summed E-state index contributed by atoms with van der Waals surface area (Å²) in [5, 5.41) is 25.7. The third-order valence-corrected chi connectivity index (χ3v) is 3.93. The molecule has 1 aromatic carbocycles. The number of hydrazone groups is 1. The fourth-order valence-electron chi connectivity index (χ4n) is 2.44. The summed E-state index contributed by atoms with van der Waals surface area (Å²) >= 11 is 0. The van der Waals surface area contributed by atoms with Crippen molar-refractivity contribution in [3.8, 4) is 0 Å². The lowest BCUT2D eigenvalue weighted by Gasteiger charge is -2.10. The summed E-state index contributed by atoms with van der Waals surface area (Å²) in [6.07, 6.45) is 7.12. The van der Waals surface area contributed by atoms with Crippen LogP contribution in [-0.4, -0.2) is 16.1 Å². The molecule has 0 amide bonds. The number of non-ortho nitro benzene ring substituents is 1. The maximum Gasteiger partial charge on any atom is 0.301 e. The molecule has 0 aromatic heterocycles. The van der Waals surface area contributed by atoms with E-state index in [-0.39, 0.29) is 17.1 Å². The molecule has 0 bridgehead atoms. The van der Waals surface area contributed by atoms with Gasteiger partial charge in [0, 0.05) is 12.3 Å². The van der Waals surface area contributed by atoms with Crippen LogP contribution in [0.1, 0.15) is 52.9 Å². The molecule has 0 aliphatic heterocycles. The van der Waals surface area contributed by atoms with Crippen LogP contribution in [0.3, 0.4) is 0 Å². The van der Waals surface area contributed by atoms with Crippen LogP contribution in [0.4, 0.5) is 17.1 Å². The monoisotopic (exact) mass is 350 g/mol. The first-order valence-corrected chi connectivity index (χ1v) is 8.51. The number of nitro benzene ring substituents is 2. The lowest BCUT2D eigenvalue weighted by atomic mass is 9.96. The van der Waals surface area contributed by atoms with Crippen molar-refractivity contribution in [2.24, 2.45) is 16.9 Å². The van der Waals surface area contributed by atoms with Crippen LogP contribution in [0, 0.1) is 32.1 Å². The summed E-state index contributed by atoms with van der Waals surface area (Å²) in [6.45, 7) is 6.66. The van der Waals surface area contributed by atoms with Gasteiger partial charge in [-0.3, -0.25) is 25.7 Å². The van der Waals surface area contributed by atoms with Crippen molar-refractivity contribution in [2.45, 2.75) is 52.9 Å². The quantitative estimate of drug-likeness (QED) is 0.337. The molecule has 0 saturated heterocycles. The van der Waals surface area contributed by atoms with Gasteiger partial charge in [-0.05, 0) is 30.7 Å². The number of hydrogen-bond donors (Lipinski definition) is 1. The molecule has 0 unspecified atom stereocenters. The normalized spacial score (nSPS) is 12.5. The number of anilines is 1. The summed E-state index contributed by atoms with van der Waals surface area (Å²) in [5.41, 5.74) is 2.04. The second kappa shape index (κ2) is 10.4. The van der Waals surface area contributed by atoms with Gasteiger partial charge < -0.3 is 0 Å². The van der Waals surface area contributed by atoms with Crippen LogP contribution in [0.15, 0.2) is 23.3 Å². The second-order valence-corrected chi connectivity index (χ2v) is 6.65. The Morgan fingerprint density at radius 3 is 2.44 bits per heavy atom. The van der Waals surface area contributed by atoms with E-state index in [2.05, 4.69) is 31.3 Å². The van der Waals surface area contributed by atoms with Crippen LogP contribution >= 0.6 is 0 Å². The zero-order valence-electron chi connectivity index (χ0n) is 15.0. The molecule has 1 rings (SSSR count). The first-order valence-electron chi connectivity index (χ1n) is 8.51. The summed E-state index contributed by atoms with van der Waals surface area (Å²) in [5.74, 6) is 1.34. The van der Waals surface area contributed by atoms with Gasteiger partial charge in [0.25, 0.3) is 5.69 Å². The van der Waals surface area contributed by atoms with E-state index in [1.54, 1.807) is 6.21 Å². The van der Waals surface area contributed by atoms with Crippen molar-refractivity contribution in [1.82, 2.24) is 0 Å². The maximum absolute atomic E-state index is 11.0. The highest BCUT2D eigenvalue weighted by Crippen LogP contribution is 2.28. The molecule has 0 fully saturated rings. The number of rotatable bonds is 11. The number of nitrogens with one attached hydrogen (secondary N) is 1. The number of benzene rings is 1. The van der Waals surface area contributed by atoms with Gasteiger partial charge in [0.15, 0.2) is 0 Å². The zero-order chi connectivity index (χ0) is 18.8. The van der Waals surface area contributed by atoms with Crippen LogP contribution < -0.4 is 5.43 Å². The van der Waals surface area contributed by atoms with E-state index in [0.717, 1.165) is 24.8 Å². The Hall–Kier alpha value is -2.51. The Balaban J connectivity index is 2.48.